The molecule has 0 bridgehead atoms. The number of rotatable bonds is 6. The number of nitrogens with two attached hydrogens (primary N) is 1. The maximum absolute atomic E-state index is 7.57. The Balaban J connectivity index is 2.41. The second-order valence-corrected chi connectivity index (χ2v) is 5.70. The minimum absolute atomic E-state index is 0.000466. The van der Waals surface area contributed by atoms with E-state index < -0.39 is 0 Å². The van der Waals surface area contributed by atoms with Crippen LogP contribution in [0.25, 0.3) is 5.52 Å². The molecule has 0 radical (unpaired) electrons. The number of nitrogens with one attached hydrogen (secondary N) is 1. The van der Waals surface area contributed by atoms with Crippen LogP contribution >= 0.6 is 0 Å². The lowest BCUT2D eigenvalue weighted by atomic mass is 10.1. The Morgan fingerprint density at radius 3 is 2.71 bits per heavy atom. The van der Waals surface area contributed by atoms with E-state index in [1.165, 1.54) is 0 Å². The van der Waals surface area contributed by atoms with Crippen molar-refractivity contribution in [2.45, 2.75) is 33.6 Å². The number of aromatic nitrogens is 3. The van der Waals surface area contributed by atoms with Crippen molar-refractivity contribution in [1.29, 1.82) is 5.41 Å². The van der Waals surface area contributed by atoms with E-state index in [1.807, 2.05) is 17.6 Å². The molecule has 3 N–H and O–H groups in total. The van der Waals surface area contributed by atoms with Crippen molar-refractivity contribution in [3.05, 3.63) is 24.2 Å². The van der Waals surface area contributed by atoms with Crippen molar-refractivity contribution in [3.63, 3.8) is 0 Å². The van der Waals surface area contributed by atoms with E-state index >= 15 is 0 Å². The normalized spacial score (nSPS) is 12.8. The number of nitrogens with zero attached hydrogens (tertiary/aromatic N) is 4. The van der Waals surface area contributed by atoms with Gasteiger partial charge in [-0.1, -0.05) is 20.8 Å². The van der Waals surface area contributed by atoms with Crippen molar-refractivity contribution in [2.75, 3.05) is 18.0 Å². The quantitative estimate of drug-likeness (QED) is 0.631. The average Bonchev–Trinajstić information content (AvgIpc) is 2.88. The molecular formula is C15H24N6. The van der Waals surface area contributed by atoms with Crippen LogP contribution in [0.5, 0.6) is 0 Å². The lowest BCUT2D eigenvalue weighted by molar-refractivity contribution is 0.689. The van der Waals surface area contributed by atoms with Gasteiger partial charge in [-0.25, -0.2) is 9.50 Å². The van der Waals surface area contributed by atoms with Gasteiger partial charge < -0.3 is 10.6 Å². The Hall–Kier alpha value is -2.11. The molecule has 2 aromatic heterocycles. The summed E-state index contributed by atoms with van der Waals surface area (Å²) in [7, 11) is 0. The molecule has 0 amide bonds. The third-order valence-electron chi connectivity index (χ3n) is 3.69. The highest BCUT2D eigenvalue weighted by atomic mass is 15.3. The molecule has 0 aliphatic heterocycles. The lowest BCUT2D eigenvalue weighted by Crippen LogP contribution is -2.35. The number of hydrogen-bond acceptors (Lipinski definition) is 4. The van der Waals surface area contributed by atoms with Crippen molar-refractivity contribution in [3.8, 4) is 0 Å². The summed E-state index contributed by atoms with van der Waals surface area (Å²) in [6.45, 7) is 9.79. The van der Waals surface area contributed by atoms with Crippen LogP contribution in [0.2, 0.25) is 0 Å². The molecule has 0 aliphatic carbocycles. The molecule has 0 aliphatic rings. The maximum atomic E-state index is 7.57. The van der Waals surface area contributed by atoms with E-state index in [0.717, 1.165) is 23.6 Å². The van der Waals surface area contributed by atoms with Crippen LogP contribution in [-0.2, 0) is 0 Å². The second kappa shape index (κ2) is 6.11. The molecule has 0 aromatic carbocycles. The molecule has 1 atom stereocenters. The molecule has 1 unspecified atom stereocenters. The second-order valence-electron chi connectivity index (χ2n) is 5.70. The van der Waals surface area contributed by atoms with Crippen LogP contribution in [0.15, 0.2) is 18.5 Å². The van der Waals surface area contributed by atoms with Gasteiger partial charge >= 0.3 is 0 Å². The molecule has 0 spiro atoms. The minimum Gasteiger partial charge on any atom is -0.387 e. The van der Waals surface area contributed by atoms with Crippen LogP contribution < -0.4 is 10.6 Å². The molecule has 2 rings (SSSR count). The number of hydrogen-bond donors (Lipinski definition) is 2. The first-order valence-electron chi connectivity index (χ1n) is 7.37. The van der Waals surface area contributed by atoms with Crippen LogP contribution in [0, 0.1) is 11.3 Å². The Bertz CT molecular complexity index is 630. The molecule has 0 fully saturated rings. The molecule has 0 saturated carbocycles. The first-order valence-corrected chi connectivity index (χ1v) is 7.37. The van der Waals surface area contributed by atoms with Crippen molar-refractivity contribution in [2.24, 2.45) is 11.7 Å². The molecular weight excluding hydrogens is 264 g/mol. The predicted octanol–water partition coefficient (Wildman–Crippen LogP) is 2.25. The van der Waals surface area contributed by atoms with Gasteiger partial charge in [0.05, 0.1) is 11.5 Å². The van der Waals surface area contributed by atoms with Crippen molar-refractivity contribution < 1.29 is 0 Å². The Labute approximate surface area is 125 Å². The summed E-state index contributed by atoms with van der Waals surface area (Å²) < 4.78 is 1.87. The van der Waals surface area contributed by atoms with Crippen LogP contribution in [0.1, 0.15) is 39.3 Å². The molecule has 114 valence electrons. The molecule has 21 heavy (non-hydrogen) atoms. The van der Waals surface area contributed by atoms with E-state index in [9.17, 15) is 0 Å². The first-order chi connectivity index (χ1) is 9.93. The van der Waals surface area contributed by atoms with E-state index in [4.69, 9.17) is 11.1 Å². The topological polar surface area (TPSA) is 83.3 Å². The summed E-state index contributed by atoms with van der Waals surface area (Å²) in [4.78, 5) is 6.66. The van der Waals surface area contributed by atoms with E-state index in [-0.39, 0.29) is 11.8 Å². The zero-order valence-electron chi connectivity index (χ0n) is 13.2. The third kappa shape index (κ3) is 3.15. The largest absolute Gasteiger partial charge is 0.387 e. The standard InChI is InChI=1S/C15H24N6/c1-5-20(9-11(4)14(16)17)15-13-8-12(10(2)3)19-21(13)7-6-18-15/h6-8,10-11H,5,9H2,1-4H3,(H3,16,17). The average molecular weight is 288 g/mol. The molecule has 2 aromatic rings. The Kier molecular flexibility index (Phi) is 4.45. The Morgan fingerprint density at radius 2 is 2.14 bits per heavy atom. The fourth-order valence-corrected chi connectivity index (χ4v) is 2.25. The van der Waals surface area contributed by atoms with Gasteiger partial charge in [-0.15, -0.1) is 0 Å². The summed E-state index contributed by atoms with van der Waals surface area (Å²) in [5, 5.41) is 12.2. The fourth-order valence-electron chi connectivity index (χ4n) is 2.25. The zero-order chi connectivity index (χ0) is 15.6. The maximum Gasteiger partial charge on any atom is 0.154 e. The number of anilines is 1. The van der Waals surface area contributed by atoms with Crippen molar-refractivity contribution in [1.82, 2.24) is 14.6 Å². The fraction of sp³-hybridized carbons (Fsp3) is 0.533. The molecule has 0 saturated heterocycles. The highest BCUT2D eigenvalue weighted by Crippen LogP contribution is 2.23. The number of fused-ring (bicyclic) bond motifs is 1. The smallest absolute Gasteiger partial charge is 0.154 e. The minimum atomic E-state index is -0.000466. The summed E-state index contributed by atoms with van der Waals surface area (Å²) in [5.74, 6) is 1.48. The Morgan fingerprint density at radius 1 is 1.43 bits per heavy atom. The van der Waals surface area contributed by atoms with Gasteiger partial charge in [0.25, 0.3) is 0 Å². The summed E-state index contributed by atoms with van der Waals surface area (Å²) in [6.07, 6.45) is 3.63. The van der Waals surface area contributed by atoms with Gasteiger partial charge in [0.2, 0.25) is 0 Å². The van der Waals surface area contributed by atoms with Gasteiger partial charge in [0.15, 0.2) is 5.82 Å². The summed E-state index contributed by atoms with van der Waals surface area (Å²) in [5.41, 5.74) is 7.65. The van der Waals surface area contributed by atoms with Gasteiger partial charge in [-0.2, -0.15) is 5.10 Å². The van der Waals surface area contributed by atoms with E-state index in [1.54, 1.807) is 6.20 Å². The van der Waals surface area contributed by atoms with Gasteiger partial charge in [0.1, 0.15) is 5.52 Å². The van der Waals surface area contributed by atoms with E-state index in [2.05, 4.69) is 41.8 Å². The SMILES string of the molecule is CCN(CC(C)C(=N)N)c1nccn2nc(C(C)C)cc12. The highest BCUT2D eigenvalue weighted by Gasteiger charge is 2.17. The van der Waals surface area contributed by atoms with E-state index in [0.29, 0.717) is 12.5 Å². The van der Waals surface area contributed by atoms with Gasteiger partial charge in [0, 0.05) is 31.4 Å². The number of amidine groups is 1. The van der Waals surface area contributed by atoms with Crippen LogP contribution in [0.3, 0.4) is 0 Å². The lowest BCUT2D eigenvalue weighted by Gasteiger charge is -2.25. The summed E-state index contributed by atoms with van der Waals surface area (Å²) in [6, 6.07) is 2.09. The molecule has 6 nitrogen and oxygen atoms in total. The zero-order valence-corrected chi connectivity index (χ0v) is 13.2. The van der Waals surface area contributed by atoms with Gasteiger partial charge in [-0.3, -0.25) is 5.41 Å². The van der Waals surface area contributed by atoms with Gasteiger partial charge in [-0.05, 0) is 18.9 Å². The summed E-state index contributed by atoms with van der Waals surface area (Å²) >= 11 is 0. The monoisotopic (exact) mass is 288 g/mol. The molecule has 2 heterocycles. The predicted molar refractivity (Wildman–Crippen MR) is 86.0 cm³/mol. The van der Waals surface area contributed by atoms with Crippen molar-refractivity contribution >= 4 is 17.2 Å². The van der Waals surface area contributed by atoms with Crippen LogP contribution in [0.4, 0.5) is 5.82 Å². The molecule has 6 heteroatoms. The third-order valence-corrected chi connectivity index (χ3v) is 3.69. The van der Waals surface area contributed by atoms with Crippen LogP contribution in [-0.4, -0.2) is 33.5 Å². The highest BCUT2D eigenvalue weighted by molar-refractivity contribution is 5.80. The first kappa shape index (κ1) is 15.3.